The molecule has 1 aliphatic carbocycles. The van der Waals surface area contributed by atoms with E-state index < -0.39 is 4.92 Å². The topological polar surface area (TPSA) is 68.9 Å². The number of halogens is 1. The first kappa shape index (κ1) is 13.0. The normalized spacial score (nSPS) is 17.6. The number of nitro groups is 1. The van der Waals surface area contributed by atoms with Crippen molar-refractivity contribution in [2.24, 2.45) is 0 Å². The van der Waals surface area contributed by atoms with Gasteiger partial charge in [0.25, 0.3) is 5.69 Å². The maximum absolute atomic E-state index is 11.2. The molecule has 1 unspecified atom stereocenters. The standard InChI is InChI=1S/C14H12ClN3O2/c15-12-7-6-11(18(19)20)14(17-12)10-5-1-3-9-4-2-8-16-13(9)10/h2,4,6-8,10H,1,3,5H2. The number of pyridine rings is 2. The van der Waals surface area contributed by atoms with Crippen LogP contribution in [0.2, 0.25) is 5.15 Å². The molecule has 5 nitrogen and oxygen atoms in total. The van der Waals surface area contributed by atoms with Gasteiger partial charge >= 0.3 is 0 Å². The minimum absolute atomic E-state index is 0.0119. The number of aromatic nitrogens is 2. The lowest BCUT2D eigenvalue weighted by atomic mass is 9.84. The summed E-state index contributed by atoms with van der Waals surface area (Å²) in [6, 6.07) is 6.78. The molecular formula is C14H12ClN3O2. The minimum atomic E-state index is -0.407. The summed E-state index contributed by atoms with van der Waals surface area (Å²) in [7, 11) is 0. The molecule has 102 valence electrons. The zero-order chi connectivity index (χ0) is 14.1. The van der Waals surface area contributed by atoms with E-state index in [1.807, 2.05) is 12.1 Å². The second-order valence-corrected chi connectivity index (χ2v) is 5.18. The van der Waals surface area contributed by atoms with Gasteiger partial charge in [0.2, 0.25) is 0 Å². The highest BCUT2D eigenvalue weighted by atomic mass is 35.5. The minimum Gasteiger partial charge on any atom is -0.260 e. The third-order valence-electron chi connectivity index (χ3n) is 3.59. The Labute approximate surface area is 120 Å². The smallest absolute Gasteiger partial charge is 0.260 e. The Morgan fingerprint density at radius 3 is 2.95 bits per heavy atom. The molecule has 1 atom stereocenters. The summed E-state index contributed by atoms with van der Waals surface area (Å²) in [6.07, 6.45) is 4.44. The van der Waals surface area contributed by atoms with E-state index in [-0.39, 0.29) is 16.8 Å². The van der Waals surface area contributed by atoms with Crippen molar-refractivity contribution in [3.63, 3.8) is 0 Å². The Bertz CT molecular complexity index is 675. The summed E-state index contributed by atoms with van der Waals surface area (Å²) < 4.78 is 0. The average Bonchev–Trinajstić information content (AvgIpc) is 2.46. The predicted octanol–water partition coefficient (Wildman–Crippen LogP) is 3.51. The van der Waals surface area contributed by atoms with Gasteiger partial charge in [-0.25, -0.2) is 4.98 Å². The predicted molar refractivity (Wildman–Crippen MR) is 74.9 cm³/mol. The van der Waals surface area contributed by atoms with Gasteiger partial charge in [-0.05, 0) is 37.0 Å². The van der Waals surface area contributed by atoms with Crippen LogP contribution >= 0.6 is 11.6 Å². The molecular weight excluding hydrogens is 278 g/mol. The van der Waals surface area contributed by atoms with Crippen LogP contribution in [0.25, 0.3) is 0 Å². The summed E-state index contributed by atoms with van der Waals surface area (Å²) in [4.78, 5) is 19.4. The Hall–Kier alpha value is -2.01. The first-order chi connectivity index (χ1) is 9.66. The van der Waals surface area contributed by atoms with Crippen LogP contribution in [-0.4, -0.2) is 14.9 Å². The third kappa shape index (κ3) is 2.25. The number of hydrogen-bond donors (Lipinski definition) is 0. The molecule has 0 aromatic carbocycles. The SMILES string of the molecule is O=[N+]([O-])c1ccc(Cl)nc1C1CCCc2cccnc21. The van der Waals surface area contributed by atoms with E-state index in [0.29, 0.717) is 5.69 Å². The van der Waals surface area contributed by atoms with E-state index in [9.17, 15) is 10.1 Å². The van der Waals surface area contributed by atoms with E-state index in [1.54, 1.807) is 6.20 Å². The molecule has 2 heterocycles. The van der Waals surface area contributed by atoms with E-state index in [0.717, 1.165) is 30.5 Å². The van der Waals surface area contributed by atoms with Gasteiger partial charge < -0.3 is 0 Å². The number of nitrogens with zero attached hydrogens (tertiary/aromatic N) is 3. The second-order valence-electron chi connectivity index (χ2n) is 4.79. The molecule has 6 heteroatoms. The monoisotopic (exact) mass is 289 g/mol. The van der Waals surface area contributed by atoms with Crippen LogP contribution in [-0.2, 0) is 6.42 Å². The quantitative estimate of drug-likeness (QED) is 0.482. The van der Waals surface area contributed by atoms with Crippen LogP contribution in [0.5, 0.6) is 0 Å². The summed E-state index contributed by atoms with van der Waals surface area (Å²) in [5.74, 6) is -0.154. The maximum Gasteiger partial charge on any atom is 0.291 e. The largest absolute Gasteiger partial charge is 0.291 e. The number of fused-ring (bicyclic) bond motifs is 1. The fourth-order valence-electron chi connectivity index (χ4n) is 2.73. The van der Waals surface area contributed by atoms with Gasteiger partial charge in [-0.1, -0.05) is 17.7 Å². The third-order valence-corrected chi connectivity index (χ3v) is 3.80. The highest BCUT2D eigenvalue weighted by molar-refractivity contribution is 6.29. The van der Waals surface area contributed by atoms with Crippen molar-refractivity contribution in [2.75, 3.05) is 0 Å². The molecule has 1 aliphatic rings. The average molecular weight is 290 g/mol. The highest BCUT2D eigenvalue weighted by Crippen LogP contribution is 2.38. The van der Waals surface area contributed by atoms with Crippen molar-refractivity contribution in [2.45, 2.75) is 25.2 Å². The number of rotatable bonds is 2. The van der Waals surface area contributed by atoms with Crippen molar-refractivity contribution >= 4 is 17.3 Å². The van der Waals surface area contributed by atoms with Gasteiger partial charge in [-0.15, -0.1) is 0 Å². The molecule has 3 rings (SSSR count). The van der Waals surface area contributed by atoms with Crippen LogP contribution in [0.3, 0.4) is 0 Å². The van der Waals surface area contributed by atoms with E-state index in [1.165, 1.54) is 12.1 Å². The van der Waals surface area contributed by atoms with Crippen LogP contribution < -0.4 is 0 Å². The molecule has 0 bridgehead atoms. The molecule has 0 saturated carbocycles. The van der Waals surface area contributed by atoms with Crippen LogP contribution in [0.4, 0.5) is 5.69 Å². The van der Waals surface area contributed by atoms with Crippen molar-refractivity contribution in [3.8, 4) is 0 Å². The van der Waals surface area contributed by atoms with Crippen LogP contribution in [0, 0.1) is 10.1 Å². The van der Waals surface area contributed by atoms with Gasteiger partial charge in [0.05, 0.1) is 16.5 Å². The lowest BCUT2D eigenvalue weighted by molar-refractivity contribution is -0.386. The summed E-state index contributed by atoms with van der Waals surface area (Å²) in [5.41, 5.74) is 2.46. The van der Waals surface area contributed by atoms with Crippen molar-refractivity contribution in [3.05, 3.63) is 62.7 Å². The Morgan fingerprint density at radius 2 is 2.15 bits per heavy atom. The number of aryl methyl sites for hydroxylation is 1. The molecule has 2 aromatic heterocycles. The molecule has 0 aliphatic heterocycles. The second kappa shape index (κ2) is 5.17. The van der Waals surface area contributed by atoms with Gasteiger partial charge in [0.15, 0.2) is 0 Å². The van der Waals surface area contributed by atoms with Crippen molar-refractivity contribution in [1.29, 1.82) is 0 Å². The zero-order valence-corrected chi connectivity index (χ0v) is 11.4. The summed E-state index contributed by atoms with van der Waals surface area (Å²) >= 11 is 5.91. The van der Waals surface area contributed by atoms with Gasteiger partial charge in [0, 0.05) is 12.3 Å². The Balaban J connectivity index is 2.15. The van der Waals surface area contributed by atoms with Crippen LogP contribution in [0.15, 0.2) is 30.5 Å². The summed E-state index contributed by atoms with van der Waals surface area (Å²) in [6.45, 7) is 0. The molecule has 0 saturated heterocycles. The van der Waals surface area contributed by atoms with Gasteiger partial charge in [-0.3, -0.25) is 15.1 Å². The van der Waals surface area contributed by atoms with E-state index >= 15 is 0 Å². The molecule has 0 amide bonds. The fourth-order valence-corrected chi connectivity index (χ4v) is 2.88. The molecule has 0 radical (unpaired) electrons. The molecule has 0 spiro atoms. The molecule has 0 N–H and O–H groups in total. The van der Waals surface area contributed by atoms with Crippen molar-refractivity contribution < 1.29 is 4.92 Å². The Kier molecular flexibility index (Phi) is 3.36. The van der Waals surface area contributed by atoms with Gasteiger partial charge in [-0.2, -0.15) is 0 Å². The van der Waals surface area contributed by atoms with Crippen LogP contribution in [0.1, 0.15) is 35.7 Å². The maximum atomic E-state index is 11.2. The lowest BCUT2D eigenvalue weighted by Gasteiger charge is -2.23. The number of hydrogen-bond acceptors (Lipinski definition) is 4. The first-order valence-corrected chi connectivity index (χ1v) is 6.79. The van der Waals surface area contributed by atoms with Crippen molar-refractivity contribution in [1.82, 2.24) is 9.97 Å². The zero-order valence-electron chi connectivity index (χ0n) is 10.6. The van der Waals surface area contributed by atoms with E-state index in [4.69, 9.17) is 11.6 Å². The first-order valence-electron chi connectivity index (χ1n) is 6.41. The lowest BCUT2D eigenvalue weighted by Crippen LogP contribution is -2.15. The Morgan fingerprint density at radius 1 is 1.30 bits per heavy atom. The molecule has 20 heavy (non-hydrogen) atoms. The summed E-state index contributed by atoms with van der Waals surface area (Å²) in [5, 5.41) is 11.5. The van der Waals surface area contributed by atoms with Gasteiger partial charge in [0.1, 0.15) is 10.8 Å². The molecule has 0 fully saturated rings. The fraction of sp³-hybridized carbons (Fsp3) is 0.286. The highest BCUT2D eigenvalue weighted by Gasteiger charge is 2.30. The van der Waals surface area contributed by atoms with E-state index in [2.05, 4.69) is 9.97 Å². The molecule has 2 aromatic rings.